The molecule has 32 heavy (non-hydrogen) atoms. The second-order valence-corrected chi connectivity index (χ2v) is 8.40. The number of hydrogen-bond donors (Lipinski definition) is 2. The molecule has 3 rings (SSSR count). The van der Waals surface area contributed by atoms with Gasteiger partial charge in [-0.1, -0.05) is 72.3 Å². The number of nitrogens with two attached hydrogens (primary N) is 1. The molecule has 0 bridgehead atoms. The Morgan fingerprint density at radius 3 is 2.34 bits per heavy atom. The monoisotopic (exact) mass is 470 g/mol. The van der Waals surface area contributed by atoms with Gasteiger partial charge in [-0.15, -0.1) is 11.8 Å². The Balaban J connectivity index is 1.88. The first kappa shape index (κ1) is 23.5. The first-order valence-electron chi connectivity index (χ1n) is 9.80. The number of alkyl carbamates (subject to hydrolysis) is 1. The van der Waals surface area contributed by atoms with E-state index in [4.69, 9.17) is 26.8 Å². The number of thioether (sulfide) groups is 1. The zero-order chi connectivity index (χ0) is 22.9. The zero-order valence-corrected chi connectivity index (χ0v) is 18.9. The normalized spacial score (nSPS) is 12.4. The second kappa shape index (κ2) is 11.5. The van der Waals surface area contributed by atoms with Crippen molar-refractivity contribution < 1.29 is 19.1 Å². The van der Waals surface area contributed by atoms with Crippen LogP contribution in [0.1, 0.15) is 16.4 Å². The quantitative estimate of drug-likeness (QED) is 0.266. The van der Waals surface area contributed by atoms with Gasteiger partial charge in [-0.2, -0.15) is 0 Å². The number of amides is 1. The van der Waals surface area contributed by atoms with Crippen LogP contribution in [0.25, 0.3) is 0 Å². The number of esters is 1. The molecular weight excluding hydrogens is 448 g/mol. The van der Waals surface area contributed by atoms with E-state index in [2.05, 4.69) is 5.32 Å². The maximum Gasteiger partial charge on any atom is 0.408 e. The van der Waals surface area contributed by atoms with Crippen molar-refractivity contribution in [3.05, 3.63) is 95.0 Å². The largest absolute Gasteiger partial charge is 0.467 e. The fourth-order valence-corrected chi connectivity index (χ4v) is 4.62. The van der Waals surface area contributed by atoms with Crippen LogP contribution >= 0.6 is 23.4 Å². The third kappa shape index (κ3) is 6.18. The first-order chi connectivity index (χ1) is 15.5. The molecule has 0 fully saturated rings. The number of rotatable bonds is 8. The van der Waals surface area contributed by atoms with Crippen molar-refractivity contribution in [2.75, 3.05) is 12.8 Å². The Hall–Kier alpha value is -3.16. The first-order valence-corrected chi connectivity index (χ1v) is 11.1. The van der Waals surface area contributed by atoms with E-state index in [-0.39, 0.29) is 6.61 Å². The Bertz CT molecular complexity index is 1060. The molecule has 3 N–H and O–H groups in total. The molecule has 0 saturated heterocycles. The average Bonchev–Trinajstić information content (AvgIpc) is 2.82. The van der Waals surface area contributed by atoms with E-state index in [9.17, 15) is 9.59 Å². The van der Waals surface area contributed by atoms with Gasteiger partial charge in [0.15, 0.2) is 0 Å². The van der Waals surface area contributed by atoms with Crippen LogP contribution in [-0.2, 0) is 20.9 Å². The summed E-state index contributed by atoms with van der Waals surface area (Å²) in [5, 5.41) is 2.48. The SMILES string of the molecule is COC(=O)C(NC(=O)OCc1ccccc1)C(Sc1ccccc1N)c1ccccc1Cl. The highest BCUT2D eigenvalue weighted by Gasteiger charge is 2.35. The van der Waals surface area contributed by atoms with Gasteiger partial charge < -0.3 is 20.5 Å². The molecule has 2 unspecified atom stereocenters. The maximum atomic E-state index is 12.7. The number of ether oxygens (including phenoxy) is 2. The number of anilines is 1. The van der Waals surface area contributed by atoms with E-state index < -0.39 is 23.4 Å². The van der Waals surface area contributed by atoms with E-state index in [1.165, 1.54) is 18.9 Å². The van der Waals surface area contributed by atoms with Crippen LogP contribution in [0.4, 0.5) is 10.5 Å². The van der Waals surface area contributed by atoms with Crippen LogP contribution in [0.2, 0.25) is 5.02 Å². The number of carbonyl (C=O) groups excluding carboxylic acids is 2. The maximum absolute atomic E-state index is 12.7. The van der Waals surface area contributed by atoms with E-state index in [0.717, 1.165) is 10.5 Å². The topological polar surface area (TPSA) is 90.6 Å². The van der Waals surface area contributed by atoms with Crippen molar-refractivity contribution >= 4 is 41.1 Å². The molecule has 0 aliphatic carbocycles. The minimum atomic E-state index is -1.08. The lowest BCUT2D eigenvalue weighted by Crippen LogP contribution is -2.45. The summed E-state index contributed by atoms with van der Waals surface area (Å²) in [4.78, 5) is 26.1. The molecule has 1 amide bonds. The van der Waals surface area contributed by atoms with E-state index in [1.807, 2.05) is 54.6 Å². The summed E-state index contributed by atoms with van der Waals surface area (Å²) in [6.45, 7) is 0.0656. The van der Waals surface area contributed by atoms with Crippen LogP contribution < -0.4 is 11.1 Å². The van der Waals surface area contributed by atoms with Gasteiger partial charge >= 0.3 is 12.1 Å². The molecular formula is C24H23ClN2O4S. The fraction of sp³-hybridized carbons (Fsp3) is 0.167. The predicted octanol–water partition coefficient (Wildman–Crippen LogP) is 5.22. The van der Waals surface area contributed by atoms with Gasteiger partial charge in [0.05, 0.1) is 12.4 Å². The summed E-state index contributed by atoms with van der Waals surface area (Å²) < 4.78 is 10.3. The van der Waals surface area contributed by atoms with E-state index >= 15 is 0 Å². The number of benzene rings is 3. The lowest BCUT2D eigenvalue weighted by molar-refractivity contribution is -0.143. The molecule has 0 aliphatic rings. The Labute approximate surface area is 196 Å². The van der Waals surface area contributed by atoms with Gasteiger partial charge in [0.2, 0.25) is 0 Å². The highest BCUT2D eigenvalue weighted by atomic mass is 35.5. The smallest absolute Gasteiger partial charge is 0.408 e. The number of halogens is 1. The molecule has 0 spiro atoms. The van der Waals surface area contributed by atoms with Gasteiger partial charge in [-0.3, -0.25) is 0 Å². The van der Waals surface area contributed by atoms with Gasteiger partial charge in [-0.05, 0) is 29.3 Å². The molecule has 2 atom stereocenters. The van der Waals surface area contributed by atoms with E-state index in [0.29, 0.717) is 16.3 Å². The molecule has 8 heteroatoms. The van der Waals surface area contributed by atoms with Crippen molar-refractivity contribution in [2.45, 2.75) is 22.8 Å². The standard InChI is InChI=1S/C24H23ClN2O4S/c1-30-23(28)21(27-24(29)31-15-16-9-3-2-4-10-16)22(17-11-5-6-12-18(17)25)32-20-14-8-7-13-19(20)26/h2-14,21-22H,15,26H2,1H3,(H,27,29). The zero-order valence-electron chi connectivity index (χ0n) is 17.4. The molecule has 0 heterocycles. The lowest BCUT2D eigenvalue weighted by atomic mass is 10.1. The molecule has 0 radical (unpaired) electrons. The van der Waals surface area contributed by atoms with Crippen LogP contribution in [0.5, 0.6) is 0 Å². The molecule has 3 aromatic rings. The van der Waals surface area contributed by atoms with Gasteiger partial charge in [-0.25, -0.2) is 9.59 Å². The number of carbonyl (C=O) groups is 2. The third-order valence-electron chi connectivity index (χ3n) is 4.63. The summed E-state index contributed by atoms with van der Waals surface area (Å²) in [6.07, 6.45) is -0.747. The van der Waals surface area contributed by atoms with Crippen LogP contribution in [0.3, 0.4) is 0 Å². The third-order valence-corrected chi connectivity index (χ3v) is 6.38. The molecule has 166 valence electrons. The molecule has 0 aliphatic heterocycles. The van der Waals surface area contributed by atoms with Gasteiger partial charge in [0.25, 0.3) is 0 Å². The molecule has 3 aromatic carbocycles. The Morgan fingerprint density at radius 2 is 1.66 bits per heavy atom. The summed E-state index contributed by atoms with van der Waals surface area (Å²) in [7, 11) is 1.26. The summed E-state index contributed by atoms with van der Waals surface area (Å²) in [5.41, 5.74) is 8.15. The minimum absolute atomic E-state index is 0.0656. The van der Waals surface area contributed by atoms with Crippen LogP contribution in [0.15, 0.2) is 83.8 Å². The van der Waals surface area contributed by atoms with Crippen molar-refractivity contribution in [1.82, 2.24) is 5.32 Å². The fourth-order valence-electron chi connectivity index (χ4n) is 3.02. The number of nitrogen functional groups attached to an aromatic ring is 1. The van der Waals surface area contributed by atoms with Gasteiger partial charge in [0, 0.05) is 15.6 Å². The number of hydrogen-bond acceptors (Lipinski definition) is 6. The van der Waals surface area contributed by atoms with Crippen molar-refractivity contribution in [1.29, 1.82) is 0 Å². The van der Waals surface area contributed by atoms with Crippen molar-refractivity contribution in [3.8, 4) is 0 Å². The predicted molar refractivity (Wildman–Crippen MR) is 126 cm³/mol. The van der Waals surface area contributed by atoms with E-state index in [1.54, 1.807) is 24.3 Å². The lowest BCUT2D eigenvalue weighted by Gasteiger charge is -2.27. The Kier molecular flexibility index (Phi) is 8.41. The van der Waals surface area contributed by atoms with Crippen molar-refractivity contribution in [3.63, 3.8) is 0 Å². The minimum Gasteiger partial charge on any atom is -0.467 e. The molecule has 6 nitrogen and oxygen atoms in total. The number of methoxy groups -OCH3 is 1. The van der Waals surface area contributed by atoms with Crippen LogP contribution in [0, 0.1) is 0 Å². The summed E-state index contributed by atoms with van der Waals surface area (Å²) in [5.74, 6) is -0.631. The van der Waals surface area contributed by atoms with Crippen molar-refractivity contribution in [2.24, 2.45) is 0 Å². The highest BCUT2D eigenvalue weighted by Crippen LogP contribution is 2.43. The average molecular weight is 471 g/mol. The second-order valence-electron chi connectivity index (χ2n) is 6.80. The summed E-state index contributed by atoms with van der Waals surface area (Å²) in [6, 6.07) is 22.6. The van der Waals surface area contributed by atoms with Gasteiger partial charge in [0.1, 0.15) is 12.6 Å². The Morgan fingerprint density at radius 1 is 1.00 bits per heavy atom. The molecule has 0 saturated carbocycles. The van der Waals surface area contributed by atoms with Crippen LogP contribution in [-0.4, -0.2) is 25.2 Å². The molecule has 0 aromatic heterocycles. The highest BCUT2D eigenvalue weighted by molar-refractivity contribution is 7.99. The number of para-hydroxylation sites is 1. The number of nitrogens with one attached hydrogen (secondary N) is 1. The summed E-state index contributed by atoms with van der Waals surface area (Å²) >= 11 is 7.76.